The second-order valence-corrected chi connectivity index (χ2v) is 9.05. The zero-order chi connectivity index (χ0) is 13.9. The Morgan fingerprint density at radius 2 is 2.11 bits per heavy atom. The monoisotopic (exact) mass is 380 g/mol. The van der Waals surface area contributed by atoms with E-state index in [-0.39, 0.29) is 6.54 Å². The molecule has 0 radical (unpaired) electrons. The van der Waals surface area contributed by atoms with Crippen LogP contribution in [0.1, 0.15) is 9.75 Å². The summed E-state index contributed by atoms with van der Waals surface area (Å²) in [5.41, 5.74) is 5.53. The minimum atomic E-state index is -3.45. The van der Waals surface area contributed by atoms with Crippen molar-refractivity contribution in [1.82, 2.24) is 4.72 Å². The summed E-state index contributed by atoms with van der Waals surface area (Å²) in [6, 6.07) is 5.54. The molecule has 8 heteroatoms. The molecule has 0 amide bonds. The van der Waals surface area contributed by atoms with Crippen LogP contribution in [0.3, 0.4) is 0 Å². The number of nitrogens with one attached hydrogen (secondary N) is 1. The maximum Gasteiger partial charge on any atom is 0.241 e. The third kappa shape index (κ3) is 3.87. The van der Waals surface area contributed by atoms with Crippen molar-refractivity contribution in [3.8, 4) is 0 Å². The summed E-state index contributed by atoms with van der Waals surface area (Å²) in [7, 11) is -3.45. The predicted molar refractivity (Wildman–Crippen MR) is 83.1 cm³/mol. The van der Waals surface area contributed by atoms with Gasteiger partial charge in [0.05, 0.1) is 8.68 Å². The predicted octanol–water partition coefficient (Wildman–Crippen LogP) is 2.55. The van der Waals surface area contributed by atoms with Crippen molar-refractivity contribution < 1.29 is 8.42 Å². The largest absolute Gasteiger partial charge is 0.326 e. The highest BCUT2D eigenvalue weighted by Crippen LogP contribution is 2.23. The Bertz CT molecular complexity index is 648. The van der Waals surface area contributed by atoms with Crippen LogP contribution in [0.2, 0.25) is 0 Å². The molecule has 0 spiro atoms. The van der Waals surface area contributed by atoms with Gasteiger partial charge in [-0.1, -0.05) is 0 Å². The van der Waals surface area contributed by atoms with Crippen molar-refractivity contribution in [2.75, 3.05) is 6.54 Å². The molecule has 0 saturated heterocycles. The summed E-state index contributed by atoms with van der Waals surface area (Å²) in [5, 5.41) is 1.74. The molecule has 2 heterocycles. The molecule has 0 aliphatic carbocycles. The molecule has 0 fully saturated rings. The lowest BCUT2D eigenvalue weighted by Crippen LogP contribution is -2.26. The first kappa shape index (κ1) is 15.1. The van der Waals surface area contributed by atoms with Crippen molar-refractivity contribution >= 4 is 48.6 Å². The van der Waals surface area contributed by atoms with Crippen LogP contribution in [0.4, 0.5) is 0 Å². The highest BCUT2D eigenvalue weighted by molar-refractivity contribution is 9.11. The van der Waals surface area contributed by atoms with E-state index < -0.39 is 10.0 Å². The molecule has 4 nitrogen and oxygen atoms in total. The number of sulfonamides is 1. The summed E-state index contributed by atoms with van der Waals surface area (Å²) < 4.78 is 27.9. The molecule has 0 unspecified atom stereocenters. The van der Waals surface area contributed by atoms with Gasteiger partial charge in [-0.05, 0) is 45.9 Å². The van der Waals surface area contributed by atoms with Gasteiger partial charge in [0.2, 0.25) is 10.0 Å². The van der Waals surface area contributed by atoms with Gasteiger partial charge < -0.3 is 5.73 Å². The Labute approximate surface area is 128 Å². The van der Waals surface area contributed by atoms with Gasteiger partial charge in [-0.3, -0.25) is 0 Å². The summed E-state index contributed by atoms with van der Waals surface area (Å²) in [6.45, 7) is 0.626. The molecular formula is C11H13BrN2O2S3. The van der Waals surface area contributed by atoms with Crippen molar-refractivity contribution in [3.63, 3.8) is 0 Å². The van der Waals surface area contributed by atoms with E-state index in [4.69, 9.17) is 5.73 Å². The second-order valence-electron chi connectivity index (χ2n) is 3.77. The fourth-order valence-corrected chi connectivity index (χ4v) is 5.44. The standard InChI is InChI=1S/C11H13BrN2O2S3/c12-11-2-1-8(18-11)3-5-14-19(15,16)10-4-6-17-9(10)7-13/h1-2,4,6,14H,3,5,7,13H2. The van der Waals surface area contributed by atoms with Crippen LogP contribution in [-0.2, 0) is 23.0 Å². The molecule has 0 saturated carbocycles. The Morgan fingerprint density at radius 3 is 2.74 bits per heavy atom. The molecule has 0 atom stereocenters. The van der Waals surface area contributed by atoms with Crippen LogP contribution in [0.5, 0.6) is 0 Å². The Morgan fingerprint density at radius 1 is 1.32 bits per heavy atom. The Hall–Kier alpha value is -0.250. The first-order valence-corrected chi connectivity index (χ1v) is 9.50. The van der Waals surface area contributed by atoms with Gasteiger partial charge in [-0.2, -0.15) is 0 Å². The highest BCUT2D eigenvalue weighted by atomic mass is 79.9. The topological polar surface area (TPSA) is 72.2 Å². The lowest BCUT2D eigenvalue weighted by Gasteiger charge is -2.06. The van der Waals surface area contributed by atoms with Crippen LogP contribution in [-0.4, -0.2) is 15.0 Å². The summed E-state index contributed by atoms with van der Waals surface area (Å²) in [4.78, 5) is 2.12. The summed E-state index contributed by atoms with van der Waals surface area (Å²) in [5.74, 6) is 0. The van der Waals surface area contributed by atoms with Crippen molar-refractivity contribution in [3.05, 3.63) is 37.1 Å². The van der Waals surface area contributed by atoms with E-state index in [1.54, 1.807) is 22.8 Å². The molecule has 104 valence electrons. The fourth-order valence-electron chi connectivity index (χ4n) is 1.59. The third-order valence-corrected chi connectivity index (χ3v) is 6.77. The summed E-state index contributed by atoms with van der Waals surface area (Å²) in [6.07, 6.45) is 0.678. The van der Waals surface area contributed by atoms with Gasteiger partial charge in [-0.25, -0.2) is 13.1 Å². The van der Waals surface area contributed by atoms with Gasteiger partial charge in [-0.15, -0.1) is 22.7 Å². The van der Waals surface area contributed by atoms with Gasteiger partial charge in [0, 0.05) is 22.8 Å². The van der Waals surface area contributed by atoms with Crippen molar-refractivity contribution in [1.29, 1.82) is 0 Å². The van der Waals surface area contributed by atoms with Crippen molar-refractivity contribution in [2.24, 2.45) is 5.73 Å². The Kier molecular flexibility index (Phi) is 5.15. The number of rotatable bonds is 6. The number of nitrogens with two attached hydrogens (primary N) is 1. The minimum Gasteiger partial charge on any atom is -0.326 e. The van der Waals surface area contributed by atoms with Crippen LogP contribution < -0.4 is 10.5 Å². The van der Waals surface area contributed by atoms with E-state index in [2.05, 4.69) is 20.7 Å². The quantitative estimate of drug-likeness (QED) is 0.808. The number of hydrogen-bond acceptors (Lipinski definition) is 5. The van der Waals surface area contributed by atoms with E-state index in [0.29, 0.717) is 22.7 Å². The maximum atomic E-state index is 12.1. The molecule has 2 rings (SSSR count). The molecule has 19 heavy (non-hydrogen) atoms. The molecule has 3 N–H and O–H groups in total. The molecule has 0 aliphatic heterocycles. The number of thiophene rings is 2. The van der Waals surface area contributed by atoms with E-state index >= 15 is 0 Å². The lowest BCUT2D eigenvalue weighted by atomic mass is 10.3. The van der Waals surface area contributed by atoms with Gasteiger partial charge in [0.15, 0.2) is 0 Å². The zero-order valence-corrected chi connectivity index (χ0v) is 14.0. The highest BCUT2D eigenvalue weighted by Gasteiger charge is 2.18. The van der Waals surface area contributed by atoms with E-state index in [1.165, 1.54) is 11.3 Å². The molecule has 0 bridgehead atoms. The molecule has 0 aliphatic rings. The zero-order valence-electron chi connectivity index (χ0n) is 9.93. The average Bonchev–Trinajstić information content (AvgIpc) is 2.97. The normalized spacial score (nSPS) is 11.9. The Balaban J connectivity index is 1.98. The second kappa shape index (κ2) is 6.47. The third-order valence-electron chi connectivity index (χ3n) is 2.47. The van der Waals surface area contributed by atoms with Crippen LogP contribution in [0.25, 0.3) is 0 Å². The lowest BCUT2D eigenvalue weighted by molar-refractivity contribution is 0.581. The number of halogens is 1. The van der Waals surface area contributed by atoms with Gasteiger partial charge >= 0.3 is 0 Å². The first-order chi connectivity index (χ1) is 9.03. The molecule has 0 aromatic carbocycles. The summed E-state index contributed by atoms with van der Waals surface area (Å²) >= 11 is 6.35. The van der Waals surface area contributed by atoms with Gasteiger partial charge in [0.1, 0.15) is 0 Å². The fraction of sp³-hybridized carbons (Fsp3) is 0.273. The van der Waals surface area contributed by atoms with Crippen LogP contribution in [0.15, 0.2) is 32.3 Å². The average molecular weight is 381 g/mol. The molecule has 2 aromatic rings. The van der Waals surface area contributed by atoms with Crippen LogP contribution >= 0.6 is 38.6 Å². The number of hydrogen-bond donors (Lipinski definition) is 2. The SMILES string of the molecule is NCc1sccc1S(=O)(=O)NCCc1ccc(Br)s1. The molecular weight excluding hydrogens is 368 g/mol. The first-order valence-electron chi connectivity index (χ1n) is 5.53. The maximum absolute atomic E-state index is 12.1. The minimum absolute atomic E-state index is 0.242. The molecule has 2 aromatic heterocycles. The van der Waals surface area contributed by atoms with Crippen LogP contribution in [0, 0.1) is 0 Å². The van der Waals surface area contributed by atoms with E-state index in [0.717, 1.165) is 8.66 Å². The van der Waals surface area contributed by atoms with E-state index in [9.17, 15) is 8.42 Å². The van der Waals surface area contributed by atoms with E-state index in [1.807, 2.05) is 12.1 Å². The smallest absolute Gasteiger partial charge is 0.241 e. The van der Waals surface area contributed by atoms with Crippen molar-refractivity contribution in [2.45, 2.75) is 17.9 Å². The van der Waals surface area contributed by atoms with Gasteiger partial charge in [0.25, 0.3) is 0 Å².